The first-order valence-corrected chi connectivity index (χ1v) is 9.59. The van der Waals surface area contributed by atoms with Crippen LogP contribution in [0.3, 0.4) is 0 Å². The van der Waals surface area contributed by atoms with Gasteiger partial charge in [-0.2, -0.15) is 0 Å². The van der Waals surface area contributed by atoms with E-state index < -0.39 is 13.0 Å². The Kier molecular flexibility index (Phi) is 9.92. The Morgan fingerprint density at radius 2 is 1.93 bits per heavy atom. The fourth-order valence-electron chi connectivity index (χ4n) is 2.75. The molecule has 0 saturated carbocycles. The predicted molar refractivity (Wildman–Crippen MR) is 124 cm³/mol. The molecule has 0 aromatic heterocycles. The van der Waals surface area contributed by atoms with Crippen molar-refractivity contribution >= 4 is 35.6 Å². The van der Waals surface area contributed by atoms with E-state index in [4.69, 9.17) is 14.2 Å². The average molecular weight is 533 g/mol. The van der Waals surface area contributed by atoms with Crippen molar-refractivity contribution in [1.82, 2.24) is 5.32 Å². The highest BCUT2D eigenvalue weighted by molar-refractivity contribution is 14.0. The van der Waals surface area contributed by atoms with Crippen LogP contribution < -0.4 is 24.8 Å². The molecule has 0 unspecified atom stereocenters. The highest BCUT2D eigenvalue weighted by Crippen LogP contribution is 2.32. The summed E-state index contributed by atoms with van der Waals surface area (Å²) < 4.78 is 41.1. The van der Waals surface area contributed by atoms with E-state index in [0.717, 1.165) is 23.4 Å². The first-order valence-electron chi connectivity index (χ1n) is 9.59. The van der Waals surface area contributed by atoms with Crippen LogP contribution in [0.15, 0.2) is 47.5 Å². The summed E-state index contributed by atoms with van der Waals surface area (Å²) in [5.74, 6) is 2.43. The van der Waals surface area contributed by atoms with Gasteiger partial charge in [0.15, 0.2) is 17.5 Å². The molecule has 0 amide bonds. The average Bonchev–Trinajstić information content (AvgIpc) is 2.96. The molecule has 3 rings (SSSR count). The molecule has 0 spiro atoms. The number of alkyl halides is 2. The van der Waals surface area contributed by atoms with Gasteiger partial charge in [0, 0.05) is 24.7 Å². The lowest BCUT2D eigenvalue weighted by molar-refractivity contribution is 0.0818. The lowest BCUT2D eigenvalue weighted by Gasteiger charge is -2.14. The zero-order valence-corrected chi connectivity index (χ0v) is 19.0. The van der Waals surface area contributed by atoms with Crippen molar-refractivity contribution in [3.8, 4) is 17.2 Å². The molecule has 1 aliphatic heterocycles. The fourth-order valence-corrected chi connectivity index (χ4v) is 2.75. The van der Waals surface area contributed by atoms with Crippen molar-refractivity contribution in [2.24, 2.45) is 4.99 Å². The van der Waals surface area contributed by atoms with Gasteiger partial charge in [-0.15, -0.1) is 24.0 Å². The Hall–Kier alpha value is -2.30. The minimum Gasteiger partial charge on any atom is -0.490 e. The van der Waals surface area contributed by atoms with Gasteiger partial charge in [-0.05, 0) is 36.8 Å². The number of nitrogens with one attached hydrogen (secondary N) is 2. The number of benzene rings is 2. The number of hydrogen-bond donors (Lipinski definition) is 2. The molecule has 2 aromatic rings. The minimum absolute atomic E-state index is 0. The van der Waals surface area contributed by atoms with Gasteiger partial charge >= 0.3 is 0 Å². The third-order valence-corrected chi connectivity index (χ3v) is 4.05. The molecule has 1 heterocycles. The highest BCUT2D eigenvalue weighted by atomic mass is 127. The highest BCUT2D eigenvalue weighted by Gasteiger charge is 2.11. The topological polar surface area (TPSA) is 64.1 Å². The maximum atomic E-state index is 12.3. The number of aliphatic imine (C=N–C) groups is 1. The molecule has 30 heavy (non-hydrogen) atoms. The molecule has 1 aliphatic rings. The van der Waals surface area contributed by atoms with E-state index in [1.807, 2.05) is 31.2 Å². The second kappa shape index (κ2) is 12.4. The lowest BCUT2D eigenvalue weighted by Crippen LogP contribution is -2.30. The minimum atomic E-state index is -2.50. The van der Waals surface area contributed by atoms with Crippen LogP contribution in [0.4, 0.5) is 14.5 Å². The molecule has 0 saturated heterocycles. The number of halogens is 3. The summed E-state index contributed by atoms with van der Waals surface area (Å²) in [5.41, 5.74) is 1.68. The number of hydrogen-bond acceptors (Lipinski definition) is 4. The van der Waals surface area contributed by atoms with E-state index in [2.05, 4.69) is 15.6 Å². The molecule has 2 N–H and O–H groups in total. The molecule has 0 atom stereocenters. The second-order valence-electron chi connectivity index (χ2n) is 6.38. The van der Waals surface area contributed by atoms with E-state index in [1.165, 1.54) is 0 Å². The Morgan fingerprint density at radius 1 is 1.13 bits per heavy atom. The van der Waals surface area contributed by atoms with Gasteiger partial charge in [0.2, 0.25) is 0 Å². The number of guanidine groups is 1. The smallest absolute Gasteiger partial charge is 0.272 e. The maximum absolute atomic E-state index is 12.3. The molecule has 164 valence electrons. The predicted octanol–water partition coefficient (Wildman–Crippen LogP) is 4.69. The Balaban J connectivity index is 0.00000320. The fraction of sp³-hybridized carbons (Fsp3) is 0.381. The zero-order chi connectivity index (χ0) is 20.5. The number of nitrogens with zero attached hydrogens (tertiary/aromatic N) is 1. The Morgan fingerprint density at radius 3 is 2.70 bits per heavy atom. The van der Waals surface area contributed by atoms with Crippen LogP contribution in [-0.2, 0) is 6.54 Å². The molecule has 0 aliphatic carbocycles. The summed E-state index contributed by atoms with van der Waals surface area (Å²) >= 11 is 0. The zero-order valence-electron chi connectivity index (χ0n) is 16.7. The summed E-state index contributed by atoms with van der Waals surface area (Å²) in [6.07, 6.45) is -1.65. The van der Waals surface area contributed by atoms with Crippen molar-refractivity contribution in [1.29, 1.82) is 0 Å². The quantitative estimate of drug-likeness (QED) is 0.308. The standard InChI is InChI=1S/C21H25F2N3O3.HI/c1-2-24-21(25-13-15-5-3-6-17(11-15)29-14-20(22)23)26-16-7-8-18-19(12-16)28-10-4-9-27-18;/h3,5-8,11-12,20H,2,4,9-10,13-14H2,1H3,(H2,24,25,26);1H. The van der Waals surface area contributed by atoms with Gasteiger partial charge < -0.3 is 24.8 Å². The number of anilines is 1. The van der Waals surface area contributed by atoms with Gasteiger partial charge in [0.1, 0.15) is 12.4 Å². The van der Waals surface area contributed by atoms with E-state index in [0.29, 0.717) is 43.8 Å². The van der Waals surface area contributed by atoms with Crippen LogP contribution in [0.25, 0.3) is 0 Å². The number of rotatable bonds is 7. The first-order chi connectivity index (χ1) is 14.1. The van der Waals surface area contributed by atoms with Gasteiger partial charge in [0.05, 0.1) is 19.8 Å². The summed E-state index contributed by atoms with van der Waals surface area (Å²) in [6, 6.07) is 12.6. The van der Waals surface area contributed by atoms with Crippen LogP contribution in [0.1, 0.15) is 18.9 Å². The molecular weight excluding hydrogens is 507 g/mol. The molecule has 0 bridgehead atoms. The van der Waals surface area contributed by atoms with Crippen molar-refractivity contribution < 1.29 is 23.0 Å². The Bertz CT molecular complexity index is 837. The number of fused-ring (bicyclic) bond motifs is 1. The van der Waals surface area contributed by atoms with Crippen molar-refractivity contribution in [2.45, 2.75) is 26.3 Å². The molecule has 2 aromatic carbocycles. The molecule has 0 fully saturated rings. The van der Waals surface area contributed by atoms with Crippen LogP contribution >= 0.6 is 24.0 Å². The molecule has 6 nitrogen and oxygen atoms in total. The monoisotopic (exact) mass is 533 g/mol. The Labute approximate surface area is 192 Å². The van der Waals surface area contributed by atoms with Crippen LogP contribution in [-0.4, -0.2) is 38.8 Å². The summed E-state index contributed by atoms with van der Waals surface area (Å²) in [7, 11) is 0. The van der Waals surface area contributed by atoms with E-state index >= 15 is 0 Å². The van der Waals surface area contributed by atoms with Crippen molar-refractivity contribution in [3.63, 3.8) is 0 Å². The summed E-state index contributed by atoms with van der Waals surface area (Å²) in [4.78, 5) is 4.56. The molecule has 9 heteroatoms. The second-order valence-corrected chi connectivity index (χ2v) is 6.38. The van der Waals surface area contributed by atoms with Crippen molar-refractivity contribution in [2.75, 3.05) is 31.7 Å². The summed E-state index contributed by atoms with van der Waals surface area (Å²) in [5, 5.41) is 6.43. The van der Waals surface area contributed by atoms with Gasteiger partial charge in [-0.25, -0.2) is 13.8 Å². The molecular formula is C21H26F2IN3O3. The SMILES string of the molecule is CCNC(=NCc1cccc(OCC(F)F)c1)Nc1ccc2c(c1)OCCCO2.I. The van der Waals surface area contributed by atoms with E-state index in [1.54, 1.807) is 18.2 Å². The van der Waals surface area contributed by atoms with Crippen LogP contribution in [0.2, 0.25) is 0 Å². The van der Waals surface area contributed by atoms with Crippen LogP contribution in [0, 0.1) is 0 Å². The van der Waals surface area contributed by atoms with Gasteiger partial charge in [-0.1, -0.05) is 12.1 Å². The van der Waals surface area contributed by atoms with Crippen molar-refractivity contribution in [3.05, 3.63) is 48.0 Å². The normalized spacial score (nSPS) is 13.3. The molecule has 0 radical (unpaired) electrons. The number of ether oxygens (including phenoxy) is 3. The lowest BCUT2D eigenvalue weighted by atomic mass is 10.2. The maximum Gasteiger partial charge on any atom is 0.272 e. The summed E-state index contributed by atoms with van der Waals surface area (Å²) in [6.45, 7) is 3.67. The van der Waals surface area contributed by atoms with Gasteiger partial charge in [0.25, 0.3) is 6.43 Å². The van der Waals surface area contributed by atoms with Gasteiger partial charge in [-0.3, -0.25) is 0 Å². The van der Waals surface area contributed by atoms with E-state index in [-0.39, 0.29) is 24.0 Å². The largest absolute Gasteiger partial charge is 0.490 e. The van der Waals surface area contributed by atoms with E-state index in [9.17, 15) is 8.78 Å². The van der Waals surface area contributed by atoms with Crippen LogP contribution in [0.5, 0.6) is 17.2 Å². The first kappa shape index (κ1) is 24.0. The third kappa shape index (κ3) is 7.51. The third-order valence-electron chi connectivity index (χ3n) is 4.05.